The third-order valence-electron chi connectivity index (χ3n) is 3.75. The molecule has 0 bridgehead atoms. The minimum absolute atomic E-state index is 0.108. The van der Waals surface area contributed by atoms with Crippen LogP contribution >= 0.6 is 11.6 Å². The number of hydrogen-bond donors (Lipinski definition) is 0. The first-order chi connectivity index (χ1) is 10.4. The van der Waals surface area contributed by atoms with Crippen molar-refractivity contribution in [2.45, 2.75) is 44.0 Å². The van der Waals surface area contributed by atoms with Crippen molar-refractivity contribution in [3.8, 4) is 5.75 Å². The lowest BCUT2D eigenvalue weighted by atomic mass is 10.1. The predicted molar refractivity (Wildman–Crippen MR) is 88.0 cm³/mol. The number of nitrogens with zero attached hydrogens (tertiary/aromatic N) is 1. The number of ether oxygens (including phenoxy) is 1. The molecule has 3 rings (SSSR count). The maximum atomic E-state index is 12.4. The van der Waals surface area contributed by atoms with Gasteiger partial charge in [-0.2, -0.15) is 0 Å². The van der Waals surface area contributed by atoms with Crippen molar-refractivity contribution < 1.29 is 13.2 Å². The third-order valence-corrected chi connectivity index (χ3v) is 5.79. The highest BCUT2D eigenvalue weighted by molar-refractivity contribution is 7.91. The Bertz CT molecular complexity index is 721. The van der Waals surface area contributed by atoms with Crippen LogP contribution in [0, 0.1) is 5.92 Å². The van der Waals surface area contributed by atoms with Crippen molar-refractivity contribution in [1.82, 2.24) is 0 Å². The van der Waals surface area contributed by atoms with Gasteiger partial charge in [-0.05, 0) is 24.8 Å². The lowest BCUT2D eigenvalue weighted by molar-refractivity contribution is 0.270. The number of hydrogen-bond acceptors (Lipinski definition) is 4. The van der Waals surface area contributed by atoms with E-state index in [2.05, 4.69) is 4.99 Å². The summed E-state index contributed by atoms with van der Waals surface area (Å²) in [6.45, 7) is 4.56. The number of fused-ring (bicyclic) bond motifs is 1. The van der Waals surface area contributed by atoms with E-state index in [1.165, 1.54) is 0 Å². The summed E-state index contributed by atoms with van der Waals surface area (Å²) < 4.78 is 30.4. The summed E-state index contributed by atoms with van der Waals surface area (Å²) in [6, 6.07) is 3.63. The number of benzene rings is 1. The monoisotopic (exact) mass is 341 g/mol. The highest BCUT2D eigenvalue weighted by Gasteiger charge is 2.31. The fourth-order valence-electron chi connectivity index (χ4n) is 2.42. The topological polar surface area (TPSA) is 55.7 Å². The largest absolute Gasteiger partial charge is 0.492 e. The quantitative estimate of drug-likeness (QED) is 0.842. The summed E-state index contributed by atoms with van der Waals surface area (Å²) in [5.74, 6) is 0.887. The molecular formula is C16H20ClNO3S. The van der Waals surface area contributed by atoms with Crippen molar-refractivity contribution in [2.75, 3.05) is 12.4 Å². The molecule has 0 aromatic heterocycles. The van der Waals surface area contributed by atoms with Gasteiger partial charge in [-0.1, -0.05) is 25.4 Å². The van der Waals surface area contributed by atoms with Crippen LogP contribution in [0.15, 0.2) is 22.0 Å². The average molecular weight is 342 g/mol. The van der Waals surface area contributed by atoms with E-state index in [9.17, 15) is 8.42 Å². The zero-order valence-corrected chi connectivity index (χ0v) is 14.4. The molecule has 1 fully saturated rings. The Hall–Kier alpha value is -1.07. The molecule has 22 heavy (non-hydrogen) atoms. The standard InChI is InChI=1S/C16H20ClNO3S/c1-10(2)9-21-15-8-16-12(7-13(15)17)14(18-11-3-4-11)5-6-22(16,19)20/h7-8,10-11H,3-6,9H2,1-2H3. The maximum absolute atomic E-state index is 12.4. The van der Waals surface area contributed by atoms with Gasteiger partial charge in [0.05, 0.1) is 28.3 Å². The summed E-state index contributed by atoms with van der Waals surface area (Å²) >= 11 is 6.28. The summed E-state index contributed by atoms with van der Waals surface area (Å²) in [5, 5.41) is 0.444. The van der Waals surface area contributed by atoms with Crippen molar-refractivity contribution >= 4 is 27.1 Å². The maximum Gasteiger partial charge on any atom is 0.179 e. The number of sulfone groups is 1. The van der Waals surface area contributed by atoms with E-state index in [0.717, 1.165) is 18.6 Å². The van der Waals surface area contributed by atoms with Gasteiger partial charge >= 0.3 is 0 Å². The Kier molecular flexibility index (Phi) is 4.21. The normalized spacial score (nSPS) is 21.9. The molecule has 1 heterocycles. The average Bonchev–Trinajstić information content (AvgIpc) is 3.24. The van der Waals surface area contributed by atoms with Crippen molar-refractivity contribution in [3.63, 3.8) is 0 Å². The van der Waals surface area contributed by atoms with E-state index in [-0.39, 0.29) is 5.75 Å². The molecule has 1 aliphatic heterocycles. The molecular weight excluding hydrogens is 322 g/mol. The van der Waals surface area contributed by atoms with E-state index < -0.39 is 9.84 Å². The van der Waals surface area contributed by atoms with Crippen LogP contribution in [0.25, 0.3) is 0 Å². The molecule has 1 aliphatic carbocycles. The van der Waals surface area contributed by atoms with Gasteiger partial charge in [0, 0.05) is 23.8 Å². The van der Waals surface area contributed by atoms with Crippen molar-refractivity contribution in [1.29, 1.82) is 0 Å². The summed E-state index contributed by atoms with van der Waals surface area (Å²) in [4.78, 5) is 4.96. The van der Waals surface area contributed by atoms with Gasteiger partial charge in [-0.25, -0.2) is 8.42 Å². The fourth-order valence-corrected chi connectivity index (χ4v) is 4.12. The zero-order valence-electron chi connectivity index (χ0n) is 12.8. The molecule has 0 saturated heterocycles. The van der Waals surface area contributed by atoms with Gasteiger partial charge in [-0.15, -0.1) is 0 Å². The van der Waals surface area contributed by atoms with Crippen LogP contribution in [0.5, 0.6) is 5.75 Å². The number of rotatable bonds is 4. The Morgan fingerprint density at radius 2 is 2.09 bits per heavy atom. The van der Waals surface area contributed by atoms with Gasteiger partial charge in [0.1, 0.15) is 5.75 Å². The molecule has 0 unspecified atom stereocenters. The Morgan fingerprint density at radius 3 is 2.73 bits per heavy atom. The lowest BCUT2D eigenvalue weighted by Crippen LogP contribution is -2.22. The van der Waals surface area contributed by atoms with E-state index in [1.54, 1.807) is 12.1 Å². The van der Waals surface area contributed by atoms with Gasteiger partial charge in [0.25, 0.3) is 0 Å². The Labute approximate surface area is 136 Å². The van der Waals surface area contributed by atoms with Crippen LogP contribution < -0.4 is 4.74 Å². The third kappa shape index (κ3) is 3.30. The minimum Gasteiger partial charge on any atom is -0.492 e. The minimum atomic E-state index is -3.29. The Balaban J connectivity index is 2.03. The first kappa shape index (κ1) is 15.8. The van der Waals surface area contributed by atoms with E-state index in [4.69, 9.17) is 16.3 Å². The molecule has 6 heteroatoms. The van der Waals surface area contributed by atoms with Crippen LogP contribution in [-0.4, -0.2) is 32.5 Å². The van der Waals surface area contributed by atoms with E-state index >= 15 is 0 Å². The molecule has 0 radical (unpaired) electrons. The molecule has 2 aliphatic rings. The first-order valence-corrected chi connectivity index (χ1v) is 9.66. The van der Waals surface area contributed by atoms with Crippen molar-refractivity contribution in [2.24, 2.45) is 10.9 Å². The van der Waals surface area contributed by atoms with Crippen molar-refractivity contribution in [3.05, 3.63) is 22.7 Å². The van der Waals surface area contributed by atoms with Gasteiger partial charge < -0.3 is 4.74 Å². The van der Waals surface area contributed by atoms with Crippen LogP contribution in [0.2, 0.25) is 5.02 Å². The molecule has 0 atom stereocenters. The van der Waals surface area contributed by atoms with Crippen LogP contribution in [-0.2, 0) is 9.84 Å². The second-order valence-corrected chi connectivity index (χ2v) is 8.84. The number of aliphatic imine (C=N–C) groups is 1. The smallest absolute Gasteiger partial charge is 0.179 e. The lowest BCUT2D eigenvalue weighted by Gasteiger charge is -2.21. The summed E-state index contributed by atoms with van der Waals surface area (Å²) in [5.41, 5.74) is 1.52. The first-order valence-electron chi connectivity index (χ1n) is 7.63. The summed E-state index contributed by atoms with van der Waals surface area (Å²) in [6.07, 6.45) is 2.65. The van der Waals surface area contributed by atoms with Gasteiger partial charge in [0.2, 0.25) is 0 Å². The van der Waals surface area contributed by atoms with E-state index in [0.29, 0.717) is 46.2 Å². The number of halogens is 1. The van der Waals surface area contributed by atoms with Crippen LogP contribution in [0.1, 0.15) is 38.7 Å². The zero-order chi connectivity index (χ0) is 15.9. The highest BCUT2D eigenvalue weighted by atomic mass is 35.5. The SMILES string of the molecule is CC(C)COc1cc2c(cc1Cl)C(=NC1CC1)CCS2(=O)=O. The molecule has 1 saturated carbocycles. The van der Waals surface area contributed by atoms with Gasteiger partial charge in [0.15, 0.2) is 9.84 Å². The second-order valence-electron chi connectivity index (χ2n) is 6.36. The summed E-state index contributed by atoms with van der Waals surface area (Å²) in [7, 11) is -3.29. The van der Waals surface area contributed by atoms with Crippen LogP contribution in [0.3, 0.4) is 0 Å². The molecule has 1 aromatic carbocycles. The Morgan fingerprint density at radius 1 is 1.36 bits per heavy atom. The molecule has 120 valence electrons. The second kappa shape index (κ2) is 5.85. The van der Waals surface area contributed by atoms with Gasteiger partial charge in [-0.3, -0.25) is 4.99 Å². The molecule has 0 spiro atoms. The van der Waals surface area contributed by atoms with Crippen LogP contribution in [0.4, 0.5) is 0 Å². The molecule has 0 amide bonds. The highest BCUT2D eigenvalue weighted by Crippen LogP contribution is 2.36. The molecule has 4 nitrogen and oxygen atoms in total. The molecule has 1 aromatic rings. The van der Waals surface area contributed by atoms with E-state index in [1.807, 2.05) is 13.8 Å². The predicted octanol–water partition coefficient (Wildman–Crippen LogP) is 3.50. The molecule has 0 N–H and O–H groups in total. The fraction of sp³-hybridized carbons (Fsp3) is 0.562.